The van der Waals surface area contributed by atoms with E-state index in [1.807, 2.05) is 0 Å². The van der Waals surface area contributed by atoms with Crippen molar-refractivity contribution in [3.8, 4) is 0 Å². The summed E-state index contributed by atoms with van der Waals surface area (Å²) in [4.78, 5) is 0. The number of sulfonamides is 1. The topological polar surface area (TPSA) is 109 Å². The number of aromatic nitrogens is 2. The first-order chi connectivity index (χ1) is 7.39. The average Bonchev–Trinajstić information content (AvgIpc) is 2.74. The van der Waals surface area contributed by atoms with Gasteiger partial charge >= 0.3 is 0 Å². The van der Waals surface area contributed by atoms with Crippen LogP contribution in [0.1, 0.15) is 6.42 Å². The highest BCUT2D eigenvalue weighted by Gasteiger charge is 2.31. The molecule has 0 bridgehead atoms. The van der Waals surface area contributed by atoms with Crippen molar-refractivity contribution in [3.05, 3.63) is 12.3 Å². The zero-order valence-electron chi connectivity index (χ0n) is 8.25. The minimum Gasteiger partial charge on any atom is -0.266 e. The smallest absolute Gasteiger partial charge is 0.257 e. The molecule has 90 valence electrons. The van der Waals surface area contributed by atoms with Gasteiger partial charge in [0.25, 0.3) is 10.0 Å². The van der Waals surface area contributed by atoms with Gasteiger partial charge in [0.15, 0.2) is 14.9 Å². The van der Waals surface area contributed by atoms with E-state index >= 15 is 0 Å². The van der Waals surface area contributed by atoms with Crippen molar-refractivity contribution in [2.24, 2.45) is 0 Å². The summed E-state index contributed by atoms with van der Waals surface area (Å²) in [7, 11) is -6.77. The lowest BCUT2D eigenvalue weighted by atomic mass is 10.3. The third-order valence-corrected chi connectivity index (χ3v) is 5.54. The van der Waals surface area contributed by atoms with E-state index in [1.165, 1.54) is 12.3 Å². The summed E-state index contributed by atoms with van der Waals surface area (Å²) in [6.07, 6.45) is 1.63. The lowest BCUT2D eigenvalue weighted by Crippen LogP contribution is -2.35. The molecule has 0 amide bonds. The zero-order valence-corrected chi connectivity index (χ0v) is 9.88. The summed E-state index contributed by atoms with van der Waals surface area (Å²) < 4.78 is 48.0. The van der Waals surface area contributed by atoms with Gasteiger partial charge in [0, 0.05) is 6.04 Å². The molecule has 0 aliphatic carbocycles. The Morgan fingerprint density at radius 3 is 2.75 bits per heavy atom. The number of H-pyrrole nitrogens is 1. The van der Waals surface area contributed by atoms with Crippen LogP contribution in [0.25, 0.3) is 0 Å². The Morgan fingerprint density at radius 2 is 2.25 bits per heavy atom. The van der Waals surface area contributed by atoms with Crippen LogP contribution < -0.4 is 4.72 Å². The second-order valence-electron chi connectivity index (χ2n) is 3.64. The summed E-state index contributed by atoms with van der Waals surface area (Å²) in [5, 5.41) is 5.79. The molecule has 0 spiro atoms. The van der Waals surface area contributed by atoms with Crippen molar-refractivity contribution in [1.29, 1.82) is 0 Å². The number of rotatable bonds is 3. The number of nitrogens with zero attached hydrogens (tertiary/aromatic N) is 1. The van der Waals surface area contributed by atoms with Gasteiger partial charge in [-0.2, -0.15) is 5.10 Å². The number of nitrogens with one attached hydrogen (secondary N) is 2. The summed E-state index contributed by atoms with van der Waals surface area (Å²) in [6.45, 7) is 0. The fraction of sp³-hybridized carbons (Fsp3) is 0.571. The van der Waals surface area contributed by atoms with E-state index in [1.54, 1.807) is 0 Å². The van der Waals surface area contributed by atoms with E-state index in [-0.39, 0.29) is 16.5 Å². The van der Waals surface area contributed by atoms with Crippen molar-refractivity contribution in [2.45, 2.75) is 17.5 Å². The normalized spacial score (nSPS) is 24.6. The molecule has 1 unspecified atom stereocenters. The van der Waals surface area contributed by atoms with Crippen LogP contribution in [0, 0.1) is 0 Å². The molecule has 7 nitrogen and oxygen atoms in total. The average molecular weight is 265 g/mol. The van der Waals surface area contributed by atoms with E-state index in [4.69, 9.17) is 0 Å². The monoisotopic (exact) mass is 265 g/mol. The van der Waals surface area contributed by atoms with Gasteiger partial charge in [0.2, 0.25) is 0 Å². The van der Waals surface area contributed by atoms with Crippen LogP contribution in [0.15, 0.2) is 17.3 Å². The van der Waals surface area contributed by atoms with Gasteiger partial charge < -0.3 is 0 Å². The largest absolute Gasteiger partial charge is 0.266 e. The van der Waals surface area contributed by atoms with Crippen LogP contribution in [0.2, 0.25) is 0 Å². The molecule has 1 aliphatic rings. The molecule has 16 heavy (non-hydrogen) atoms. The summed E-state index contributed by atoms with van der Waals surface area (Å²) >= 11 is 0. The molecule has 2 heterocycles. The van der Waals surface area contributed by atoms with Crippen molar-refractivity contribution in [1.82, 2.24) is 14.9 Å². The van der Waals surface area contributed by atoms with Crippen LogP contribution in [0.5, 0.6) is 0 Å². The second-order valence-corrected chi connectivity index (χ2v) is 7.55. The molecule has 1 saturated heterocycles. The highest BCUT2D eigenvalue weighted by atomic mass is 32.2. The van der Waals surface area contributed by atoms with Crippen molar-refractivity contribution < 1.29 is 16.8 Å². The minimum atomic E-state index is -3.68. The quantitative estimate of drug-likeness (QED) is 0.719. The second kappa shape index (κ2) is 3.82. The molecular weight excluding hydrogens is 254 g/mol. The Bertz CT molecular complexity index is 561. The van der Waals surface area contributed by atoms with Gasteiger partial charge in [-0.05, 0) is 12.5 Å². The van der Waals surface area contributed by atoms with Crippen molar-refractivity contribution in [2.75, 3.05) is 11.5 Å². The maximum Gasteiger partial charge on any atom is 0.257 e. The molecule has 1 aromatic rings. The predicted octanol–water partition coefficient (Wildman–Crippen LogP) is -1.12. The molecule has 0 aromatic carbocycles. The van der Waals surface area contributed by atoms with E-state index < -0.39 is 25.9 Å². The Hall–Kier alpha value is -0.930. The van der Waals surface area contributed by atoms with Gasteiger partial charge in [-0.1, -0.05) is 0 Å². The first-order valence-electron chi connectivity index (χ1n) is 4.61. The minimum absolute atomic E-state index is 0.0309. The Morgan fingerprint density at radius 1 is 1.50 bits per heavy atom. The molecule has 9 heteroatoms. The maximum atomic E-state index is 11.7. The van der Waals surface area contributed by atoms with Gasteiger partial charge in [0.1, 0.15) is 0 Å². The van der Waals surface area contributed by atoms with Crippen LogP contribution >= 0.6 is 0 Å². The SMILES string of the molecule is O=S1(=O)CCC(NS(=O)(=O)c2ccn[nH]2)C1. The Kier molecular flexibility index (Phi) is 2.76. The fourth-order valence-corrected chi connectivity index (χ4v) is 4.52. The molecule has 2 rings (SSSR count). The Balaban J connectivity index is 2.12. The molecule has 2 N–H and O–H groups in total. The van der Waals surface area contributed by atoms with Gasteiger partial charge in [0.05, 0.1) is 17.7 Å². The first-order valence-corrected chi connectivity index (χ1v) is 7.92. The van der Waals surface area contributed by atoms with Crippen molar-refractivity contribution >= 4 is 19.9 Å². The summed E-state index contributed by atoms with van der Waals surface area (Å²) in [5.41, 5.74) is 0. The van der Waals surface area contributed by atoms with E-state index in [9.17, 15) is 16.8 Å². The standard InChI is InChI=1S/C7H11N3O4S2/c11-15(12)4-2-6(5-15)10-16(13,14)7-1-3-8-9-7/h1,3,6,10H,2,4-5H2,(H,8,9). The van der Waals surface area contributed by atoms with Crippen LogP contribution in [0.3, 0.4) is 0 Å². The lowest BCUT2D eigenvalue weighted by Gasteiger charge is -2.09. The summed E-state index contributed by atoms with van der Waals surface area (Å²) in [6, 6.07) is 0.768. The molecule has 0 saturated carbocycles. The predicted molar refractivity (Wildman–Crippen MR) is 56.0 cm³/mol. The summed E-state index contributed by atoms with van der Waals surface area (Å²) in [5.74, 6) is -0.108. The number of aromatic amines is 1. The highest BCUT2D eigenvalue weighted by molar-refractivity contribution is 7.92. The number of sulfone groups is 1. The van der Waals surface area contributed by atoms with Crippen LogP contribution in [-0.4, -0.2) is 44.6 Å². The van der Waals surface area contributed by atoms with Crippen LogP contribution in [0.4, 0.5) is 0 Å². The Labute approximate surface area is 93.2 Å². The van der Waals surface area contributed by atoms with Gasteiger partial charge in [-0.25, -0.2) is 21.6 Å². The molecule has 0 radical (unpaired) electrons. The van der Waals surface area contributed by atoms with Gasteiger partial charge in [-0.15, -0.1) is 0 Å². The third kappa shape index (κ3) is 2.42. The number of hydrogen-bond donors (Lipinski definition) is 2. The number of hydrogen-bond acceptors (Lipinski definition) is 5. The highest BCUT2D eigenvalue weighted by Crippen LogP contribution is 2.14. The molecule has 1 aromatic heterocycles. The molecule has 1 fully saturated rings. The van der Waals surface area contributed by atoms with Gasteiger partial charge in [-0.3, -0.25) is 5.10 Å². The van der Waals surface area contributed by atoms with Crippen molar-refractivity contribution in [3.63, 3.8) is 0 Å². The molecule has 1 aliphatic heterocycles. The van der Waals surface area contributed by atoms with E-state index in [0.717, 1.165) is 0 Å². The molecule has 1 atom stereocenters. The third-order valence-electron chi connectivity index (χ3n) is 2.32. The first kappa shape index (κ1) is 11.6. The van der Waals surface area contributed by atoms with E-state index in [0.29, 0.717) is 6.42 Å². The zero-order chi connectivity index (χ0) is 11.8. The lowest BCUT2D eigenvalue weighted by molar-refractivity contribution is 0.558. The van der Waals surface area contributed by atoms with E-state index in [2.05, 4.69) is 14.9 Å². The maximum absolute atomic E-state index is 11.7. The van der Waals surface area contributed by atoms with Crippen LogP contribution in [-0.2, 0) is 19.9 Å². The fourth-order valence-electron chi connectivity index (χ4n) is 1.56. The molecular formula is C7H11N3O4S2.